The van der Waals surface area contributed by atoms with Crippen LogP contribution in [-0.4, -0.2) is 49.9 Å². The number of hydrogen-bond donors (Lipinski definition) is 1. The predicted octanol–water partition coefficient (Wildman–Crippen LogP) is 1.72. The Bertz CT molecular complexity index is 601. The van der Waals surface area contributed by atoms with Crippen LogP contribution in [0, 0.1) is 10.1 Å². The van der Waals surface area contributed by atoms with Crippen molar-refractivity contribution in [3.8, 4) is 0 Å². The number of morpholine rings is 1. The van der Waals surface area contributed by atoms with Crippen LogP contribution in [0.3, 0.4) is 0 Å². The van der Waals surface area contributed by atoms with Crippen molar-refractivity contribution in [2.75, 3.05) is 37.7 Å². The maximum absolute atomic E-state index is 12.1. The molecule has 0 atom stereocenters. The Labute approximate surface area is 129 Å². The highest BCUT2D eigenvalue weighted by Gasteiger charge is 2.29. The summed E-state index contributed by atoms with van der Waals surface area (Å²) in [6, 6.07) is 3.62. The monoisotopic (exact) mass is 333 g/mol. The molecule has 10 heteroatoms. The van der Waals surface area contributed by atoms with Gasteiger partial charge in [0, 0.05) is 24.7 Å². The van der Waals surface area contributed by atoms with Crippen LogP contribution in [0.4, 0.5) is 24.5 Å². The summed E-state index contributed by atoms with van der Waals surface area (Å²) in [4.78, 5) is 24.0. The van der Waals surface area contributed by atoms with Crippen molar-refractivity contribution in [2.45, 2.75) is 6.18 Å². The van der Waals surface area contributed by atoms with Gasteiger partial charge in [-0.15, -0.1) is 0 Å². The summed E-state index contributed by atoms with van der Waals surface area (Å²) in [5, 5.41) is 12.9. The summed E-state index contributed by atoms with van der Waals surface area (Å²) in [5.74, 6) is -1.01. The molecule has 0 radical (unpaired) electrons. The number of halogens is 3. The zero-order chi connectivity index (χ0) is 17.0. The fourth-order valence-electron chi connectivity index (χ4n) is 2.17. The quantitative estimate of drug-likeness (QED) is 0.670. The molecule has 1 N–H and O–H groups in total. The number of carbonyl (C=O) groups excluding carboxylic acids is 1. The number of rotatable bonds is 4. The Balaban J connectivity index is 2.21. The second-order valence-corrected chi connectivity index (χ2v) is 4.86. The maximum Gasteiger partial charge on any atom is 0.405 e. The first-order chi connectivity index (χ1) is 10.8. The Morgan fingerprint density at radius 1 is 1.35 bits per heavy atom. The van der Waals surface area contributed by atoms with E-state index in [0.29, 0.717) is 32.0 Å². The van der Waals surface area contributed by atoms with Crippen LogP contribution in [0.15, 0.2) is 18.2 Å². The smallest absolute Gasteiger partial charge is 0.378 e. The van der Waals surface area contributed by atoms with Gasteiger partial charge in [-0.3, -0.25) is 14.9 Å². The van der Waals surface area contributed by atoms with Gasteiger partial charge in [0.2, 0.25) is 0 Å². The van der Waals surface area contributed by atoms with Gasteiger partial charge in [0.1, 0.15) is 12.2 Å². The second kappa shape index (κ2) is 6.82. The first-order valence-electron chi connectivity index (χ1n) is 6.74. The summed E-state index contributed by atoms with van der Waals surface area (Å²) < 4.78 is 41.5. The first kappa shape index (κ1) is 17.0. The normalized spacial score (nSPS) is 15.3. The lowest BCUT2D eigenvalue weighted by Crippen LogP contribution is -2.36. The van der Waals surface area contributed by atoms with Crippen LogP contribution in [0.25, 0.3) is 0 Å². The number of nitro benzene ring substituents is 1. The molecule has 7 nitrogen and oxygen atoms in total. The van der Waals surface area contributed by atoms with Gasteiger partial charge in [0.15, 0.2) is 0 Å². The van der Waals surface area contributed by atoms with Gasteiger partial charge in [0.25, 0.3) is 11.6 Å². The molecule has 1 saturated heterocycles. The van der Waals surface area contributed by atoms with E-state index in [1.54, 1.807) is 10.2 Å². The number of nitro groups is 1. The average Bonchev–Trinajstić information content (AvgIpc) is 2.52. The molecule has 0 bridgehead atoms. The topological polar surface area (TPSA) is 84.7 Å². The summed E-state index contributed by atoms with van der Waals surface area (Å²) >= 11 is 0. The van der Waals surface area contributed by atoms with Gasteiger partial charge < -0.3 is 15.0 Å². The number of nitrogens with zero attached hydrogens (tertiary/aromatic N) is 2. The first-order valence-corrected chi connectivity index (χ1v) is 6.74. The molecule has 1 aromatic rings. The van der Waals surface area contributed by atoms with E-state index < -0.39 is 23.6 Å². The molecule has 1 aliphatic rings. The van der Waals surface area contributed by atoms with Gasteiger partial charge in [0.05, 0.1) is 18.1 Å². The molecule has 0 aromatic heterocycles. The molecule has 0 aliphatic carbocycles. The van der Waals surface area contributed by atoms with Gasteiger partial charge in [-0.25, -0.2) is 0 Å². The standard InChI is InChI=1S/C13H14F3N3O4/c14-13(15,16)8-17-12(20)9-1-2-10(11(7-9)19(21)22)18-3-5-23-6-4-18/h1-2,7H,3-6,8H2,(H,17,20). The third-order valence-electron chi connectivity index (χ3n) is 3.24. The van der Waals surface area contributed by atoms with Crippen molar-refractivity contribution in [3.05, 3.63) is 33.9 Å². The third kappa shape index (κ3) is 4.55. The van der Waals surface area contributed by atoms with E-state index in [4.69, 9.17) is 4.74 Å². The average molecular weight is 333 g/mol. The van der Waals surface area contributed by atoms with Gasteiger partial charge >= 0.3 is 6.18 Å². The van der Waals surface area contributed by atoms with Gasteiger partial charge in [-0.1, -0.05) is 0 Å². The zero-order valence-corrected chi connectivity index (χ0v) is 11.9. The molecule has 0 spiro atoms. The van der Waals surface area contributed by atoms with Crippen LogP contribution >= 0.6 is 0 Å². The number of hydrogen-bond acceptors (Lipinski definition) is 5. The fourth-order valence-corrected chi connectivity index (χ4v) is 2.17. The van der Waals surface area contributed by atoms with Gasteiger partial charge in [-0.2, -0.15) is 13.2 Å². The predicted molar refractivity (Wildman–Crippen MR) is 74.5 cm³/mol. The lowest BCUT2D eigenvalue weighted by Gasteiger charge is -2.28. The Hall–Kier alpha value is -2.36. The minimum absolute atomic E-state index is 0.196. The molecule has 0 saturated carbocycles. The number of nitrogens with one attached hydrogen (secondary N) is 1. The van der Waals surface area contributed by atoms with E-state index in [9.17, 15) is 28.1 Å². The molecular weight excluding hydrogens is 319 g/mol. The molecule has 1 aromatic carbocycles. The number of alkyl halides is 3. The molecule has 126 valence electrons. The maximum atomic E-state index is 12.1. The largest absolute Gasteiger partial charge is 0.405 e. The van der Waals surface area contributed by atoms with Crippen molar-refractivity contribution in [1.82, 2.24) is 5.32 Å². The Kier molecular flexibility index (Phi) is 5.04. The minimum Gasteiger partial charge on any atom is -0.378 e. The van der Waals surface area contributed by atoms with Crippen LogP contribution in [0.1, 0.15) is 10.4 Å². The molecule has 1 amide bonds. The minimum atomic E-state index is -4.55. The molecule has 1 aliphatic heterocycles. The zero-order valence-electron chi connectivity index (χ0n) is 11.9. The number of anilines is 1. The van der Waals surface area contributed by atoms with E-state index >= 15 is 0 Å². The number of amides is 1. The molecular formula is C13H14F3N3O4. The van der Waals surface area contributed by atoms with Crippen molar-refractivity contribution in [1.29, 1.82) is 0 Å². The molecule has 1 heterocycles. The molecule has 1 fully saturated rings. The molecule has 2 rings (SSSR count). The fraction of sp³-hybridized carbons (Fsp3) is 0.462. The van der Waals surface area contributed by atoms with Crippen LogP contribution in [0.5, 0.6) is 0 Å². The third-order valence-corrected chi connectivity index (χ3v) is 3.24. The van der Waals surface area contributed by atoms with E-state index in [-0.39, 0.29) is 11.3 Å². The van der Waals surface area contributed by atoms with Gasteiger partial charge in [-0.05, 0) is 12.1 Å². The van der Waals surface area contributed by atoms with Crippen molar-refractivity contribution in [3.63, 3.8) is 0 Å². The van der Waals surface area contributed by atoms with E-state index in [1.165, 1.54) is 12.1 Å². The van der Waals surface area contributed by atoms with E-state index in [2.05, 4.69) is 0 Å². The number of carbonyl (C=O) groups is 1. The highest BCUT2D eigenvalue weighted by molar-refractivity contribution is 5.95. The summed E-state index contributed by atoms with van der Waals surface area (Å²) in [7, 11) is 0. The summed E-state index contributed by atoms with van der Waals surface area (Å²) in [5.41, 5.74) is -0.213. The van der Waals surface area contributed by atoms with Crippen LogP contribution in [0.2, 0.25) is 0 Å². The van der Waals surface area contributed by atoms with E-state index in [1.807, 2.05) is 0 Å². The molecule has 0 unspecified atom stereocenters. The van der Waals surface area contributed by atoms with E-state index in [0.717, 1.165) is 6.07 Å². The van der Waals surface area contributed by atoms with Crippen LogP contribution in [-0.2, 0) is 4.74 Å². The van der Waals surface area contributed by atoms with Crippen molar-refractivity contribution < 1.29 is 27.6 Å². The highest BCUT2D eigenvalue weighted by Crippen LogP contribution is 2.30. The van der Waals surface area contributed by atoms with Crippen molar-refractivity contribution in [2.24, 2.45) is 0 Å². The summed E-state index contributed by atoms with van der Waals surface area (Å²) in [6.45, 7) is 0.266. The van der Waals surface area contributed by atoms with Crippen LogP contribution < -0.4 is 10.2 Å². The Morgan fingerprint density at radius 2 is 2.00 bits per heavy atom. The highest BCUT2D eigenvalue weighted by atomic mass is 19.4. The number of ether oxygens (including phenoxy) is 1. The van der Waals surface area contributed by atoms with Crippen molar-refractivity contribution >= 4 is 17.3 Å². The lowest BCUT2D eigenvalue weighted by atomic mass is 10.1. The lowest BCUT2D eigenvalue weighted by molar-refractivity contribution is -0.384. The number of benzene rings is 1. The molecule has 23 heavy (non-hydrogen) atoms. The second-order valence-electron chi connectivity index (χ2n) is 4.86. The SMILES string of the molecule is O=C(NCC(F)(F)F)c1ccc(N2CCOCC2)c([N+](=O)[O-])c1. The summed E-state index contributed by atoms with van der Waals surface area (Å²) in [6.07, 6.45) is -4.55. The Morgan fingerprint density at radius 3 is 2.57 bits per heavy atom.